The molecule has 0 amide bonds. The van der Waals surface area contributed by atoms with Crippen LogP contribution in [0.25, 0.3) is 10.8 Å². The van der Waals surface area contributed by atoms with Crippen LogP contribution < -0.4 is 4.90 Å². The molecule has 1 aromatic carbocycles. The van der Waals surface area contributed by atoms with E-state index in [1.807, 2.05) is 19.1 Å². The molecule has 0 saturated carbocycles. The fourth-order valence-corrected chi connectivity index (χ4v) is 2.90. The Morgan fingerprint density at radius 1 is 1.26 bits per heavy atom. The summed E-state index contributed by atoms with van der Waals surface area (Å²) >= 11 is 0. The highest BCUT2D eigenvalue weighted by molar-refractivity contribution is 5.93. The Kier molecular flexibility index (Phi) is 3.34. The second-order valence-electron chi connectivity index (χ2n) is 5.27. The van der Waals surface area contributed by atoms with E-state index in [2.05, 4.69) is 27.2 Å². The first-order valence-corrected chi connectivity index (χ1v) is 6.87. The third-order valence-electron chi connectivity index (χ3n) is 3.98. The fraction of sp³-hybridized carbons (Fsp3) is 0.467. The molecule has 1 atom stereocenters. The van der Waals surface area contributed by atoms with Gasteiger partial charge in [0.2, 0.25) is 0 Å². The number of hydrogen-bond donors (Lipinski definition) is 1. The van der Waals surface area contributed by atoms with Crippen molar-refractivity contribution < 1.29 is 5.11 Å². The average Bonchev–Trinajstić information content (AvgIpc) is 2.88. The molecule has 1 aliphatic heterocycles. The molecule has 19 heavy (non-hydrogen) atoms. The number of aliphatic hydroxyl groups excluding tert-OH is 1. The molecule has 4 nitrogen and oxygen atoms in total. The number of fused-ring (bicyclic) bond motifs is 1. The van der Waals surface area contributed by atoms with Crippen molar-refractivity contribution in [1.82, 2.24) is 10.2 Å². The van der Waals surface area contributed by atoms with Crippen LogP contribution >= 0.6 is 0 Å². The van der Waals surface area contributed by atoms with Crippen molar-refractivity contribution in [3.05, 3.63) is 30.0 Å². The maximum Gasteiger partial charge on any atom is 0.159 e. The monoisotopic (exact) mass is 257 g/mol. The molecule has 1 fully saturated rings. The van der Waals surface area contributed by atoms with Crippen molar-refractivity contribution in [2.45, 2.75) is 19.8 Å². The number of aromatic nitrogens is 2. The van der Waals surface area contributed by atoms with Crippen molar-refractivity contribution in [2.75, 3.05) is 24.6 Å². The molecule has 2 aromatic rings. The first-order chi connectivity index (χ1) is 9.29. The summed E-state index contributed by atoms with van der Waals surface area (Å²) in [4.78, 5) is 2.30. The Morgan fingerprint density at radius 3 is 2.84 bits per heavy atom. The number of benzene rings is 1. The zero-order valence-corrected chi connectivity index (χ0v) is 11.2. The molecule has 100 valence electrons. The van der Waals surface area contributed by atoms with E-state index in [1.54, 1.807) is 0 Å². The topological polar surface area (TPSA) is 49.2 Å². The van der Waals surface area contributed by atoms with E-state index < -0.39 is 0 Å². The quantitative estimate of drug-likeness (QED) is 0.915. The van der Waals surface area contributed by atoms with E-state index in [-0.39, 0.29) is 6.61 Å². The number of nitrogens with zero attached hydrogens (tertiary/aromatic N) is 3. The molecule has 1 unspecified atom stereocenters. The maximum absolute atomic E-state index is 9.05. The number of aliphatic hydroxyl groups is 1. The van der Waals surface area contributed by atoms with Crippen LogP contribution in [0, 0.1) is 12.8 Å². The second kappa shape index (κ2) is 5.13. The fourth-order valence-electron chi connectivity index (χ4n) is 2.90. The summed E-state index contributed by atoms with van der Waals surface area (Å²) in [5.74, 6) is 1.56. The molecule has 1 N–H and O–H groups in total. The minimum absolute atomic E-state index is 0.277. The first kappa shape index (κ1) is 12.4. The number of aryl methyl sites for hydroxylation is 1. The molecule has 3 rings (SSSR count). The lowest BCUT2D eigenvalue weighted by Crippen LogP contribution is -2.22. The smallest absolute Gasteiger partial charge is 0.159 e. The van der Waals surface area contributed by atoms with Gasteiger partial charge in [0.05, 0.1) is 5.69 Å². The standard InChI is InChI=1S/C15H19N3O/c1-11-13-4-2-3-5-14(13)15(17-16-11)18-8-6-12(10-18)7-9-19/h2-5,12,19H,6-10H2,1H3. The van der Waals surface area contributed by atoms with Crippen molar-refractivity contribution in [3.63, 3.8) is 0 Å². The SMILES string of the molecule is Cc1nnc(N2CCC(CCO)C2)c2ccccc12. The minimum Gasteiger partial charge on any atom is -0.396 e. The highest BCUT2D eigenvalue weighted by atomic mass is 16.3. The zero-order chi connectivity index (χ0) is 13.2. The van der Waals surface area contributed by atoms with E-state index in [1.165, 1.54) is 10.8 Å². The largest absolute Gasteiger partial charge is 0.396 e. The zero-order valence-electron chi connectivity index (χ0n) is 11.2. The van der Waals surface area contributed by atoms with Gasteiger partial charge in [-0.05, 0) is 25.7 Å². The van der Waals surface area contributed by atoms with E-state index >= 15 is 0 Å². The summed E-state index contributed by atoms with van der Waals surface area (Å²) in [6, 6.07) is 8.31. The minimum atomic E-state index is 0.277. The predicted octanol–water partition coefficient (Wildman–Crippen LogP) is 2.15. The van der Waals surface area contributed by atoms with Crippen molar-refractivity contribution in [3.8, 4) is 0 Å². The summed E-state index contributed by atoms with van der Waals surface area (Å²) in [6.07, 6.45) is 2.01. The molecular weight excluding hydrogens is 238 g/mol. The van der Waals surface area contributed by atoms with Crippen molar-refractivity contribution >= 4 is 16.6 Å². The summed E-state index contributed by atoms with van der Waals surface area (Å²) in [7, 11) is 0. The van der Waals surface area contributed by atoms with Crippen LogP contribution in [-0.4, -0.2) is 35.0 Å². The number of hydrogen-bond acceptors (Lipinski definition) is 4. The van der Waals surface area contributed by atoms with Gasteiger partial charge in [0.25, 0.3) is 0 Å². The Morgan fingerprint density at radius 2 is 2.05 bits per heavy atom. The molecule has 1 saturated heterocycles. The van der Waals surface area contributed by atoms with Crippen LogP contribution in [0.3, 0.4) is 0 Å². The van der Waals surface area contributed by atoms with E-state index in [4.69, 9.17) is 5.11 Å². The van der Waals surface area contributed by atoms with Crippen LogP contribution in [-0.2, 0) is 0 Å². The third kappa shape index (κ3) is 2.28. The molecule has 0 spiro atoms. The van der Waals surface area contributed by atoms with E-state index in [9.17, 15) is 0 Å². The van der Waals surface area contributed by atoms with Crippen molar-refractivity contribution in [1.29, 1.82) is 0 Å². The molecule has 0 aliphatic carbocycles. The molecule has 4 heteroatoms. The van der Waals surface area contributed by atoms with E-state index in [0.717, 1.165) is 37.4 Å². The molecule has 1 aliphatic rings. The Hall–Kier alpha value is -1.68. The van der Waals surface area contributed by atoms with Crippen LogP contribution in [0.15, 0.2) is 24.3 Å². The third-order valence-corrected chi connectivity index (χ3v) is 3.98. The lowest BCUT2D eigenvalue weighted by Gasteiger charge is -2.19. The van der Waals surface area contributed by atoms with Gasteiger partial charge in [-0.15, -0.1) is 5.10 Å². The molecule has 0 radical (unpaired) electrons. The van der Waals surface area contributed by atoms with Gasteiger partial charge < -0.3 is 10.0 Å². The van der Waals surface area contributed by atoms with Gasteiger partial charge in [0.1, 0.15) is 0 Å². The average molecular weight is 257 g/mol. The highest BCUT2D eigenvalue weighted by Gasteiger charge is 2.24. The normalized spacial score (nSPS) is 19.3. The van der Waals surface area contributed by atoms with Gasteiger partial charge >= 0.3 is 0 Å². The van der Waals surface area contributed by atoms with Crippen LogP contribution in [0.4, 0.5) is 5.82 Å². The Bertz CT molecular complexity index is 585. The van der Waals surface area contributed by atoms with Crippen LogP contribution in [0.2, 0.25) is 0 Å². The Balaban J connectivity index is 1.96. The van der Waals surface area contributed by atoms with Gasteiger partial charge in [0.15, 0.2) is 5.82 Å². The maximum atomic E-state index is 9.05. The lowest BCUT2D eigenvalue weighted by atomic mass is 10.1. The number of rotatable bonds is 3. The number of anilines is 1. The van der Waals surface area contributed by atoms with Crippen LogP contribution in [0.1, 0.15) is 18.5 Å². The summed E-state index contributed by atoms with van der Waals surface area (Å²) in [5.41, 5.74) is 0.977. The molecule has 2 heterocycles. The lowest BCUT2D eigenvalue weighted by molar-refractivity contribution is 0.263. The second-order valence-corrected chi connectivity index (χ2v) is 5.27. The molecule has 0 bridgehead atoms. The molecular formula is C15H19N3O. The summed E-state index contributed by atoms with van der Waals surface area (Å²) in [6.45, 7) is 4.26. The first-order valence-electron chi connectivity index (χ1n) is 6.87. The highest BCUT2D eigenvalue weighted by Crippen LogP contribution is 2.30. The van der Waals surface area contributed by atoms with E-state index in [0.29, 0.717) is 5.92 Å². The van der Waals surface area contributed by atoms with Gasteiger partial charge in [-0.1, -0.05) is 24.3 Å². The van der Waals surface area contributed by atoms with Gasteiger partial charge in [-0.2, -0.15) is 5.10 Å². The van der Waals surface area contributed by atoms with Crippen molar-refractivity contribution in [2.24, 2.45) is 5.92 Å². The van der Waals surface area contributed by atoms with Gasteiger partial charge in [-0.3, -0.25) is 0 Å². The molecule has 1 aromatic heterocycles. The summed E-state index contributed by atoms with van der Waals surface area (Å²) < 4.78 is 0. The predicted molar refractivity (Wildman–Crippen MR) is 76.3 cm³/mol. The van der Waals surface area contributed by atoms with Crippen LogP contribution in [0.5, 0.6) is 0 Å². The van der Waals surface area contributed by atoms with Gasteiger partial charge in [-0.25, -0.2) is 0 Å². The Labute approximate surface area is 113 Å². The summed E-state index contributed by atoms with van der Waals surface area (Å²) in [5, 5.41) is 20.1. The van der Waals surface area contributed by atoms with Gasteiger partial charge in [0, 0.05) is 30.5 Å².